The summed E-state index contributed by atoms with van der Waals surface area (Å²) in [4.78, 5) is 71.7. The molecule has 5 rings (SSSR count). The first-order valence-electron chi connectivity index (χ1n) is 20.7. The molecule has 3 N–H and O–H groups in total. The Labute approximate surface area is 357 Å². The number of carboxylic acids is 1. The summed E-state index contributed by atoms with van der Waals surface area (Å²) >= 11 is 1.16. The van der Waals surface area contributed by atoms with Gasteiger partial charge in [-0.25, -0.2) is 9.78 Å². The van der Waals surface area contributed by atoms with Crippen molar-refractivity contribution in [2.24, 2.45) is 17.8 Å². The molecule has 13 heteroatoms. The molecule has 0 unspecified atom stereocenters. The number of fused-ring (bicyclic) bond motifs is 3. The van der Waals surface area contributed by atoms with E-state index in [1.54, 1.807) is 24.3 Å². The number of likely N-dealkylation sites (N-methyl/N-ethyl adjacent to an activating group) is 1. The van der Waals surface area contributed by atoms with Gasteiger partial charge in [-0.1, -0.05) is 113 Å². The molecule has 4 aromatic rings. The summed E-state index contributed by atoms with van der Waals surface area (Å²) in [6.45, 7) is 11.1. The molecule has 320 valence electrons. The van der Waals surface area contributed by atoms with Crippen LogP contribution in [-0.2, 0) is 30.3 Å². The van der Waals surface area contributed by atoms with E-state index in [0.29, 0.717) is 24.3 Å². The van der Waals surface area contributed by atoms with E-state index in [-0.39, 0.29) is 48.8 Å². The predicted molar refractivity (Wildman–Crippen MR) is 232 cm³/mol. The van der Waals surface area contributed by atoms with Crippen LogP contribution < -0.4 is 10.6 Å². The van der Waals surface area contributed by atoms with Crippen LogP contribution in [0.4, 0.5) is 4.79 Å². The second-order valence-electron chi connectivity index (χ2n) is 16.5. The Morgan fingerprint density at radius 1 is 0.833 bits per heavy atom. The highest BCUT2D eigenvalue weighted by Crippen LogP contribution is 2.44. The Bertz CT molecular complexity index is 2060. The Morgan fingerprint density at radius 3 is 2.03 bits per heavy atom. The van der Waals surface area contributed by atoms with Gasteiger partial charge in [0.2, 0.25) is 5.91 Å². The first-order chi connectivity index (χ1) is 28.6. The van der Waals surface area contributed by atoms with Crippen molar-refractivity contribution in [3.8, 4) is 11.1 Å². The molecule has 3 aromatic carbocycles. The van der Waals surface area contributed by atoms with E-state index in [4.69, 9.17) is 9.47 Å². The van der Waals surface area contributed by atoms with Gasteiger partial charge in [-0.15, -0.1) is 11.3 Å². The number of amides is 3. The van der Waals surface area contributed by atoms with Gasteiger partial charge in [0.25, 0.3) is 5.91 Å². The van der Waals surface area contributed by atoms with Gasteiger partial charge < -0.3 is 30.1 Å². The lowest BCUT2D eigenvalue weighted by Crippen LogP contribution is -2.52. The molecule has 60 heavy (non-hydrogen) atoms. The minimum absolute atomic E-state index is 0.102. The maximum Gasteiger partial charge on any atom is 0.407 e. The predicted octanol–water partition coefficient (Wildman–Crippen LogP) is 8.42. The zero-order valence-electron chi connectivity index (χ0n) is 35.6. The summed E-state index contributed by atoms with van der Waals surface area (Å²) in [5.74, 6) is -2.93. The number of aliphatic carboxylic acids is 1. The second-order valence-corrected chi connectivity index (χ2v) is 17.4. The van der Waals surface area contributed by atoms with Crippen LogP contribution in [0.3, 0.4) is 0 Å². The fourth-order valence-electron chi connectivity index (χ4n) is 7.86. The maximum absolute atomic E-state index is 14.4. The van der Waals surface area contributed by atoms with Crippen molar-refractivity contribution >= 4 is 41.2 Å². The van der Waals surface area contributed by atoms with Crippen LogP contribution in [0.1, 0.15) is 111 Å². The first-order valence-corrected chi connectivity index (χ1v) is 21.6. The zero-order chi connectivity index (χ0) is 43.5. The Kier molecular flexibility index (Phi) is 16.0. The number of ether oxygens (including phenoxy) is 2. The number of hydrogen-bond acceptors (Lipinski definition) is 9. The SMILES string of the molecule is CC(=O)O[C@H](C[C@@H](C(C)C)N(C)C(=O)[C@H](CCC(C)C)NC(=O)OCC1c2ccccc2-c2ccccc21)c1nc(C(=O)N[C@H](Cc2ccccc2)C[C@H](C)C(=O)O)cs1. The summed E-state index contributed by atoms with van der Waals surface area (Å²) in [7, 11) is 1.69. The van der Waals surface area contributed by atoms with Gasteiger partial charge in [0.15, 0.2) is 6.10 Å². The highest BCUT2D eigenvalue weighted by Gasteiger charge is 2.35. The van der Waals surface area contributed by atoms with Crippen LogP contribution in [0.5, 0.6) is 0 Å². The standard InChI is InChI=1S/C47H58N4O8S/c1-28(2)21-22-39(50-47(57)58-26-38-36-19-13-11-17-34(36)35-18-12-14-20-37(35)38)45(54)51(7)41(29(3)4)25-42(59-31(6)52)44-49-40(27-60-44)43(53)48-33(23-30(5)46(55)56)24-32-15-9-8-10-16-32/h8-20,27-30,33,38-39,41-42H,21-26H2,1-7H3,(H,48,53)(H,50,57)(H,55,56)/t30-,33-,39-,41-,42+/m0/s1. The molecule has 12 nitrogen and oxygen atoms in total. The number of aromatic nitrogens is 1. The van der Waals surface area contributed by atoms with Crippen LogP contribution in [0.15, 0.2) is 84.2 Å². The van der Waals surface area contributed by atoms with Crippen molar-refractivity contribution in [1.82, 2.24) is 20.5 Å². The highest BCUT2D eigenvalue weighted by atomic mass is 32.1. The third-order valence-electron chi connectivity index (χ3n) is 11.1. The molecule has 0 radical (unpaired) electrons. The molecule has 1 aromatic heterocycles. The number of benzene rings is 3. The molecule has 0 saturated carbocycles. The molecule has 5 atom stereocenters. The summed E-state index contributed by atoms with van der Waals surface area (Å²) in [6.07, 6.45) is 0.349. The van der Waals surface area contributed by atoms with Crippen LogP contribution >= 0.6 is 11.3 Å². The fourth-order valence-corrected chi connectivity index (χ4v) is 8.70. The fraction of sp³-hybridized carbons (Fsp3) is 0.447. The van der Waals surface area contributed by atoms with Crippen molar-refractivity contribution in [2.45, 2.75) is 104 Å². The number of nitrogens with zero attached hydrogens (tertiary/aromatic N) is 2. The summed E-state index contributed by atoms with van der Waals surface area (Å²) in [6, 6.07) is 23.9. The van der Waals surface area contributed by atoms with Crippen molar-refractivity contribution in [3.05, 3.63) is 112 Å². The minimum Gasteiger partial charge on any atom is -0.481 e. The van der Waals surface area contributed by atoms with Gasteiger partial charge in [0.1, 0.15) is 23.4 Å². The van der Waals surface area contributed by atoms with E-state index in [1.807, 2.05) is 68.4 Å². The van der Waals surface area contributed by atoms with Crippen LogP contribution in [0.25, 0.3) is 11.1 Å². The van der Waals surface area contributed by atoms with Crippen molar-refractivity contribution < 1.29 is 38.6 Å². The van der Waals surface area contributed by atoms with Crippen molar-refractivity contribution in [2.75, 3.05) is 13.7 Å². The number of carbonyl (C=O) groups is 5. The van der Waals surface area contributed by atoms with Gasteiger partial charge in [0.05, 0.1) is 5.92 Å². The van der Waals surface area contributed by atoms with E-state index in [0.717, 1.165) is 39.2 Å². The Hall–Kier alpha value is -5.56. The highest BCUT2D eigenvalue weighted by molar-refractivity contribution is 7.09. The third kappa shape index (κ3) is 12.0. The lowest BCUT2D eigenvalue weighted by molar-refractivity contribution is -0.148. The molecule has 0 fully saturated rings. The third-order valence-corrected chi connectivity index (χ3v) is 12.0. The van der Waals surface area contributed by atoms with Crippen LogP contribution in [0.2, 0.25) is 0 Å². The monoisotopic (exact) mass is 838 g/mol. The molecule has 0 bridgehead atoms. The molecule has 1 aliphatic carbocycles. The van der Waals surface area contributed by atoms with Crippen molar-refractivity contribution in [1.29, 1.82) is 0 Å². The summed E-state index contributed by atoms with van der Waals surface area (Å²) < 4.78 is 11.6. The maximum atomic E-state index is 14.4. The molecule has 1 aliphatic rings. The number of carbonyl (C=O) groups excluding carboxylic acids is 4. The van der Waals surface area contributed by atoms with Gasteiger partial charge >= 0.3 is 18.0 Å². The average Bonchev–Trinajstić information content (AvgIpc) is 3.83. The van der Waals surface area contributed by atoms with Gasteiger partial charge in [-0.2, -0.15) is 0 Å². The second kappa shape index (κ2) is 21.1. The number of hydrogen-bond donors (Lipinski definition) is 3. The smallest absolute Gasteiger partial charge is 0.407 e. The van der Waals surface area contributed by atoms with Crippen LogP contribution in [-0.4, -0.2) is 76.6 Å². The number of alkyl carbamates (subject to hydrolysis) is 1. The summed E-state index contributed by atoms with van der Waals surface area (Å²) in [5, 5.41) is 17.4. The largest absolute Gasteiger partial charge is 0.481 e. The van der Waals surface area contributed by atoms with Crippen molar-refractivity contribution in [3.63, 3.8) is 0 Å². The number of esters is 1. The van der Waals surface area contributed by atoms with E-state index < -0.39 is 54.1 Å². The number of rotatable bonds is 20. The van der Waals surface area contributed by atoms with Crippen LogP contribution in [0, 0.1) is 17.8 Å². The quantitative estimate of drug-likeness (QED) is 0.0742. The number of nitrogens with one attached hydrogen (secondary N) is 2. The number of carboxylic acid groups (broad SMARTS) is 1. The Balaban J connectivity index is 1.28. The van der Waals surface area contributed by atoms with E-state index in [2.05, 4.69) is 53.7 Å². The van der Waals surface area contributed by atoms with E-state index in [1.165, 1.54) is 6.92 Å². The normalized spacial score (nSPS) is 14.6. The lowest BCUT2D eigenvalue weighted by Gasteiger charge is -2.35. The summed E-state index contributed by atoms with van der Waals surface area (Å²) in [5.41, 5.74) is 5.48. The molecular formula is C47H58N4O8S. The first kappa shape index (κ1) is 45.5. The molecule has 0 spiro atoms. The van der Waals surface area contributed by atoms with E-state index >= 15 is 0 Å². The zero-order valence-corrected chi connectivity index (χ0v) is 36.4. The van der Waals surface area contributed by atoms with Gasteiger partial charge in [-0.3, -0.25) is 19.2 Å². The van der Waals surface area contributed by atoms with E-state index in [9.17, 15) is 29.1 Å². The number of thiazole rings is 1. The molecule has 0 aliphatic heterocycles. The lowest BCUT2D eigenvalue weighted by atomic mass is 9.95. The Morgan fingerprint density at radius 2 is 1.45 bits per heavy atom. The minimum atomic E-state index is -0.954. The van der Waals surface area contributed by atoms with Gasteiger partial charge in [0, 0.05) is 43.8 Å². The average molecular weight is 839 g/mol. The molecular weight excluding hydrogens is 781 g/mol. The molecule has 1 heterocycles. The molecule has 3 amide bonds. The topological polar surface area (TPSA) is 164 Å². The van der Waals surface area contributed by atoms with Gasteiger partial charge in [-0.05, 0) is 65.3 Å². The molecule has 0 saturated heterocycles.